The lowest BCUT2D eigenvalue weighted by Gasteiger charge is -2.08. The average Bonchev–Trinajstić information content (AvgIpc) is 2.70. The van der Waals surface area contributed by atoms with Gasteiger partial charge in [-0.3, -0.25) is 4.79 Å². The van der Waals surface area contributed by atoms with E-state index >= 15 is 0 Å². The summed E-state index contributed by atoms with van der Waals surface area (Å²) in [5, 5.41) is 3.14. The Hall–Kier alpha value is -2.79. The van der Waals surface area contributed by atoms with Crippen molar-refractivity contribution in [3.8, 4) is 5.75 Å². The minimum atomic E-state index is -0.203. The molecule has 2 rings (SSSR count). The van der Waals surface area contributed by atoms with Crippen molar-refractivity contribution in [2.24, 2.45) is 10.7 Å². The van der Waals surface area contributed by atoms with Gasteiger partial charge in [-0.05, 0) is 35.8 Å². The summed E-state index contributed by atoms with van der Waals surface area (Å²) < 4.78 is 5.75. The Labute approximate surface area is 171 Å². The molecule has 0 atom stereocenters. The molecule has 0 aliphatic heterocycles. The van der Waals surface area contributed by atoms with Crippen LogP contribution in [0.3, 0.4) is 0 Å². The second-order valence-electron chi connectivity index (χ2n) is 6.29. The third-order valence-electron chi connectivity index (χ3n) is 3.85. The van der Waals surface area contributed by atoms with Crippen LogP contribution in [0.15, 0.2) is 70.8 Å². The van der Waals surface area contributed by atoms with Crippen molar-refractivity contribution in [2.75, 3.05) is 0 Å². The molecule has 0 aliphatic rings. The van der Waals surface area contributed by atoms with Gasteiger partial charge in [0.15, 0.2) is 0 Å². The lowest BCUT2D eigenvalue weighted by atomic mass is 10.2. The number of nitrogens with one attached hydrogen (secondary N) is 1. The maximum atomic E-state index is 12.0. The Morgan fingerprint density at radius 2 is 1.86 bits per heavy atom. The largest absolute Gasteiger partial charge is 0.489 e. The van der Waals surface area contributed by atoms with Crippen molar-refractivity contribution in [2.45, 2.75) is 39.3 Å². The van der Waals surface area contributed by atoms with Gasteiger partial charge in [0.1, 0.15) is 23.3 Å². The van der Waals surface area contributed by atoms with E-state index < -0.39 is 0 Å². The predicted octanol–water partition coefficient (Wildman–Crippen LogP) is 4.51. The Balaban J connectivity index is 1.76. The summed E-state index contributed by atoms with van der Waals surface area (Å²) in [5.74, 6) is 0.772. The van der Waals surface area contributed by atoms with E-state index in [9.17, 15) is 4.79 Å². The Morgan fingerprint density at radius 1 is 1.14 bits per heavy atom. The van der Waals surface area contributed by atoms with Crippen LogP contribution in [0.1, 0.15) is 37.3 Å². The molecule has 5 nitrogen and oxygen atoms in total. The number of unbranched alkanes of at least 4 members (excludes halogenated alkanes) is 1. The number of nitrogens with zero attached hydrogens (tertiary/aromatic N) is 1. The number of ether oxygens (including phenoxy) is 1. The van der Waals surface area contributed by atoms with E-state index in [2.05, 4.69) is 10.3 Å². The number of hydrogen-bond donors (Lipinski definition) is 2. The van der Waals surface area contributed by atoms with Crippen molar-refractivity contribution < 1.29 is 9.53 Å². The van der Waals surface area contributed by atoms with Gasteiger partial charge in [-0.1, -0.05) is 67.4 Å². The molecule has 0 bridgehead atoms. The molecule has 0 spiro atoms. The first-order valence-electron chi connectivity index (χ1n) is 9.28. The Kier molecular flexibility index (Phi) is 9.08. The second kappa shape index (κ2) is 11.8. The third kappa shape index (κ3) is 8.27. The van der Waals surface area contributed by atoms with Gasteiger partial charge in [-0.15, -0.1) is 0 Å². The number of halogens is 1. The summed E-state index contributed by atoms with van der Waals surface area (Å²) in [6.07, 6.45) is 3.59. The number of carbonyl (C=O) groups is 1. The van der Waals surface area contributed by atoms with Crippen molar-refractivity contribution in [3.05, 3.63) is 77.0 Å². The zero-order valence-electron chi connectivity index (χ0n) is 16.0. The van der Waals surface area contributed by atoms with Gasteiger partial charge in [0.05, 0.1) is 6.42 Å². The normalized spacial score (nSPS) is 11.9. The highest BCUT2D eigenvalue weighted by Crippen LogP contribution is 2.14. The molecule has 0 saturated carbocycles. The van der Waals surface area contributed by atoms with Gasteiger partial charge in [-0.2, -0.15) is 0 Å². The standard InChI is InChI=1S/C22H26ClN3O2/c1-2-3-9-20(23)26-21(24)14-22(27)25-15-17-10-12-19(13-11-17)28-16-18-7-5-4-6-8-18/h4-13H,2-3,14-16H2,1H3,(H2,24,26)(H,25,27)/b20-9-. The summed E-state index contributed by atoms with van der Waals surface area (Å²) in [4.78, 5) is 16.0. The zero-order chi connectivity index (χ0) is 20.2. The van der Waals surface area contributed by atoms with E-state index in [-0.39, 0.29) is 18.2 Å². The van der Waals surface area contributed by atoms with Crippen molar-refractivity contribution in [3.63, 3.8) is 0 Å². The van der Waals surface area contributed by atoms with E-state index in [0.29, 0.717) is 18.3 Å². The predicted molar refractivity (Wildman–Crippen MR) is 114 cm³/mol. The molecule has 28 heavy (non-hydrogen) atoms. The maximum absolute atomic E-state index is 12.0. The Bertz CT molecular complexity index is 802. The van der Waals surface area contributed by atoms with Crippen LogP contribution < -0.4 is 15.8 Å². The summed E-state index contributed by atoms with van der Waals surface area (Å²) in [7, 11) is 0. The summed E-state index contributed by atoms with van der Waals surface area (Å²) in [5.41, 5.74) is 7.85. The fourth-order valence-electron chi connectivity index (χ4n) is 2.36. The summed E-state index contributed by atoms with van der Waals surface area (Å²) in [6, 6.07) is 17.6. The van der Waals surface area contributed by atoms with Crippen LogP contribution in [-0.4, -0.2) is 11.7 Å². The fourth-order valence-corrected chi connectivity index (χ4v) is 2.58. The van der Waals surface area contributed by atoms with Crippen LogP contribution in [0.2, 0.25) is 0 Å². The van der Waals surface area contributed by atoms with E-state index in [1.807, 2.05) is 61.5 Å². The molecule has 2 aromatic rings. The van der Waals surface area contributed by atoms with E-state index in [1.54, 1.807) is 6.08 Å². The van der Waals surface area contributed by atoms with Crippen LogP contribution in [0, 0.1) is 0 Å². The van der Waals surface area contributed by atoms with Crippen LogP contribution in [0.25, 0.3) is 0 Å². The molecule has 6 heteroatoms. The smallest absolute Gasteiger partial charge is 0.227 e. The number of amides is 1. The van der Waals surface area contributed by atoms with Gasteiger partial charge >= 0.3 is 0 Å². The van der Waals surface area contributed by atoms with Crippen LogP contribution in [-0.2, 0) is 17.9 Å². The van der Waals surface area contributed by atoms with Crippen molar-refractivity contribution in [1.29, 1.82) is 0 Å². The van der Waals surface area contributed by atoms with Gasteiger partial charge in [-0.25, -0.2) is 4.99 Å². The van der Waals surface area contributed by atoms with Crippen LogP contribution in [0.5, 0.6) is 5.75 Å². The number of amidine groups is 1. The lowest BCUT2D eigenvalue weighted by Crippen LogP contribution is -2.28. The van der Waals surface area contributed by atoms with Gasteiger partial charge < -0.3 is 15.8 Å². The first-order chi connectivity index (χ1) is 13.6. The number of aliphatic imine (C=N–C) groups is 1. The average molecular weight is 400 g/mol. The summed E-state index contributed by atoms with van der Waals surface area (Å²) >= 11 is 5.94. The third-order valence-corrected chi connectivity index (χ3v) is 4.09. The molecule has 0 aromatic heterocycles. The molecule has 3 N–H and O–H groups in total. The number of rotatable bonds is 10. The minimum absolute atomic E-state index is 0.00839. The molecule has 1 amide bonds. The molecule has 148 valence electrons. The molecule has 0 radical (unpaired) electrons. The van der Waals surface area contributed by atoms with E-state index in [0.717, 1.165) is 29.7 Å². The molecule has 0 aliphatic carbocycles. The lowest BCUT2D eigenvalue weighted by molar-refractivity contribution is -0.120. The summed E-state index contributed by atoms with van der Waals surface area (Å²) in [6.45, 7) is 2.97. The highest BCUT2D eigenvalue weighted by Gasteiger charge is 2.05. The molecule has 0 heterocycles. The zero-order valence-corrected chi connectivity index (χ0v) is 16.8. The second-order valence-corrected chi connectivity index (χ2v) is 6.68. The first kappa shape index (κ1) is 21.5. The first-order valence-corrected chi connectivity index (χ1v) is 9.65. The number of benzene rings is 2. The van der Waals surface area contributed by atoms with Gasteiger partial charge in [0.25, 0.3) is 0 Å². The molecule has 0 fully saturated rings. The van der Waals surface area contributed by atoms with Crippen LogP contribution in [0.4, 0.5) is 0 Å². The highest BCUT2D eigenvalue weighted by molar-refractivity contribution is 6.30. The fraction of sp³-hybridized carbons (Fsp3) is 0.273. The Morgan fingerprint density at radius 3 is 2.54 bits per heavy atom. The molecule has 0 unspecified atom stereocenters. The highest BCUT2D eigenvalue weighted by atomic mass is 35.5. The number of carbonyl (C=O) groups excluding carboxylic acids is 1. The monoisotopic (exact) mass is 399 g/mol. The van der Waals surface area contributed by atoms with Gasteiger partial charge in [0, 0.05) is 6.54 Å². The van der Waals surface area contributed by atoms with Gasteiger partial charge in [0.2, 0.25) is 5.91 Å². The number of hydrogen-bond acceptors (Lipinski definition) is 3. The maximum Gasteiger partial charge on any atom is 0.227 e. The minimum Gasteiger partial charge on any atom is -0.489 e. The van der Waals surface area contributed by atoms with E-state index in [4.69, 9.17) is 22.1 Å². The van der Waals surface area contributed by atoms with E-state index in [1.165, 1.54) is 0 Å². The number of allylic oxidation sites excluding steroid dienone is 1. The van der Waals surface area contributed by atoms with Crippen molar-refractivity contribution in [1.82, 2.24) is 5.32 Å². The molecular formula is C22H26ClN3O2. The number of nitrogens with two attached hydrogens (primary N) is 1. The molecular weight excluding hydrogens is 374 g/mol. The quantitative estimate of drug-likeness (QED) is 0.350. The molecule has 2 aromatic carbocycles. The SMILES string of the molecule is CCC/C=C(Cl)\N=C(\N)CC(=O)NCc1ccc(OCc2ccccc2)cc1. The molecule has 0 saturated heterocycles. The topological polar surface area (TPSA) is 76.7 Å². The van der Waals surface area contributed by atoms with Crippen molar-refractivity contribution >= 4 is 23.3 Å². The van der Waals surface area contributed by atoms with Crippen LogP contribution >= 0.6 is 11.6 Å².